The van der Waals surface area contributed by atoms with Crippen LogP contribution >= 0.6 is 0 Å². The van der Waals surface area contributed by atoms with Crippen molar-refractivity contribution >= 4 is 0 Å². The monoisotopic (exact) mass is 296 g/mol. The molecule has 4 rings (SSSR count). The summed E-state index contributed by atoms with van der Waals surface area (Å²) >= 11 is 0. The third-order valence-electron chi connectivity index (χ3n) is 6.74. The molecule has 21 heavy (non-hydrogen) atoms. The van der Waals surface area contributed by atoms with Crippen LogP contribution in [0.1, 0.15) is 52.4 Å². The minimum atomic E-state index is -0.317. The van der Waals surface area contributed by atoms with Crippen LogP contribution in [0.3, 0.4) is 0 Å². The maximum atomic E-state index is 10.4. The van der Waals surface area contributed by atoms with Gasteiger partial charge in [0.25, 0.3) is 0 Å². The van der Waals surface area contributed by atoms with Crippen molar-refractivity contribution in [3.8, 4) is 0 Å². The molecule has 4 aliphatic rings. The molecule has 4 fully saturated rings. The highest BCUT2D eigenvalue weighted by atomic mass is 16.5. The number of hydrogen-bond acceptors (Lipinski definition) is 2. The minimum absolute atomic E-state index is 0.136. The highest BCUT2D eigenvalue weighted by molar-refractivity contribution is 5.03. The molecule has 122 valence electrons. The maximum absolute atomic E-state index is 10.4. The number of ether oxygens (including phenoxy) is 1. The second-order valence-corrected chi connectivity index (χ2v) is 8.50. The van der Waals surface area contributed by atoms with E-state index in [0.717, 1.165) is 41.9 Å². The summed E-state index contributed by atoms with van der Waals surface area (Å²) in [5.41, 5.74) is 0.136. The fourth-order valence-corrected chi connectivity index (χ4v) is 5.52. The van der Waals surface area contributed by atoms with Gasteiger partial charge in [-0.25, -0.2) is 0 Å². The lowest BCUT2D eigenvalue weighted by atomic mass is 9.54. The summed E-state index contributed by atoms with van der Waals surface area (Å²) in [7, 11) is 2.23. The molecule has 0 spiro atoms. The minimum Gasteiger partial charge on any atom is -0.385 e. The Balaban J connectivity index is 1.53. The molecule has 4 aliphatic carbocycles. The van der Waals surface area contributed by atoms with Crippen molar-refractivity contribution in [2.75, 3.05) is 33.3 Å². The Morgan fingerprint density at radius 3 is 1.95 bits per heavy atom. The van der Waals surface area contributed by atoms with E-state index in [1.54, 1.807) is 0 Å². The van der Waals surface area contributed by atoms with Crippen LogP contribution in [0.15, 0.2) is 0 Å². The number of likely N-dealkylation sites (N-methyl/N-ethyl adjacent to an activating group) is 1. The average molecular weight is 296 g/mol. The molecule has 0 unspecified atom stereocenters. The van der Waals surface area contributed by atoms with Gasteiger partial charge in [0.2, 0.25) is 0 Å². The Labute approximate surface area is 130 Å². The van der Waals surface area contributed by atoms with E-state index < -0.39 is 0 Å². The van der Waals surface area contributed by atoms with Gasteiger partial charge in [0.05, 0.1) is 32.3 Å². The van der Waals surface area contributed by atoms with Crippen LogP contribution in [-0.2, 0) is 4.74 Å². The number of rotatable bonds is 7. The third-order valence-corrected chi connectivity index (χ3v) is 6.74. The fourth-order valence-electron chi connectivity index (χ4n) is 5.52. The summed E-state index contributed by atoms with van der Waals surface area (Å²) in [6.07, 6.45) is 7.82. The zero-order valence-electron chi connectivity index (χ0n) is 14.2. The highest BCUT2D eigenvalue weighted by Gasteiger charge is 2.51. The first-order valence-electron chi connectivity index (χ1n) is 9.11. The number of nitrogens with zero attached hydrogens (tertiary/aromatic N) is 1. The normalized spacial score (nSPS) is 39.7. The van der Waals surface area contributed by atoms with Crippen LogP contribution in [0.25, 0.3) is 0 Å². The number of aliphatic hydroxyl groups excluding tert-OH is 1. The van der Waals surface area contributed by atoms with Gasteiger partial charge in [-0.15, -0.1) is 0 Å². The zero-order valence-corrected chi connectivity index (χ0v) is 14.2. The van der Waals surface area contributed by atoms with Gasteiger partial charge in [0, 0.05) is 0 Å². The lowest BCUT2D eigenvalue weighted by molar-refractivity contribution is -0.909. The molecule has 1 atom stereocenters. The summed E-state index contributed by atoms with van der Waals surface area (Å²) in [6.45, 7) is 7.92. The van der Waals surface area contributed by atoms with E-state index in [4.69, 9.17) is 4.74 Å². The predicted octanol–water partition coefficient (Wildman–Crippen LogP) is 2.82. The molecule has 0 amide bonds. The molecule has 0 aromatic rings. The summed E-state index contributed by atoms with van der Waals surface area (Å²) < 4.78 is 7.31. The molecule has 0 aromatic heterocycles. The van der Waals surface area contributed by atoms with E-state index in [-0.39, 0.29) is 11.7 Å². The molecule has 0 saturated heterocycles. The molecule has 3 nitrogen and oxygen atoms in total. The van der Waals surface area contributed by atoms with Gasteiger partial charge in [-0.3, -0.25) is 0 Å². The van der Waals surface area contributed by atoms with Crippen LogP contribution < -0.4 is 0 Å². The summed E-state index contributed by atoms with van der Waals surface area (Å²) in [6, 6.07) is 0. The van der Waals surface area contributed by atoms with Crippen molar-refractivity contribution in [1.82, 2.24) is 0 Å². The molecule has 4 saturated carbocycles. The Bertz CT molecular complexity index is 329. The summed E-state index contributed by atoms with van der Waals surface area (Å²) in [5, 5.41) is 10.4. The van der Waals surface area contributed by atoms with Gasteiger partial charge in [-0.05, 0) is 70.1 Å². The molecule has 3 heteroatoms. The Morgan fingerprint density at radius 1 is 1.05 bits per heavy atom. The standard InChI is InChI=1S/C18H34NO2/c1-4-19(3,5-2)12-17(20)13-21-18-9-14-6-15(10-18)8-16(7-14)11-18/h14-17,20H,4-13H2,1-3H3/q+1/t14?,15?,16?,17-,18?/m1/s1. The summed E-state index contributed by atoms with van der Waals surface area (Å²) in [5.74, 6) is 2.75. The molecular formula is C18H34NO2+. The zero-order chi connectivity index (χ0) is 15.1. The Kier molecular flexibility index (Phi) is 4.37. The molecule has 1 N–H and O–H groups in total. The fraction of sp³-hybridized carbons (Fsp3) is 1.00. The van der Waals surface area contributed by atoms with Crippen LogP contribution in [0.5, 0.6) is 0 Å². The third kappa shape index (κ3) is 3.30. The van der Waals surface area contributed by atoms with E-state index in [2.05, 4.69) is 20.9 Å². The molecule has 0 radical (unpaired) electrons. The van der Waals surface area contributed by atoms with Gasteiger partial charge >= 0.3 is 0 Å². The maximum Gasteiger partial charge on any atom is 0.126 e. The van der Waals surface area contributed by atoms with Gasteiger partial charge in [-0.1, -0.05) is 0 Å². The van der Waals surface area contributed by atoms with E-state index >= 15 is 0 Å². The van der Waals surface area contributed by atoms with Crippen molar-refractivity contribution < 1.29 is 14.3 Å². The Hall–Kier alpha value is -0.120. The number of quaternary nitrogens is 1. The predicted molar refractivity (Wildman–Crippen MR) is 85.0 cm³/mol. The van der Waals surface area contributed by atoms with Gasteiger partial charge < -0.3 is 14.3 Å². The lowest BCUT2D eigenvalue weighted by Gasteiger charge is -2.56. The second kappa shape index (κ2) is 5.82. The van der Waals surface area contributed by atoms with Crippen LogP contribution in [0, 0.1) is 17.8 Å². The lowest BCUT2D eigenvalue weighted by Crippen LogP contribution is -2.54. The van der Waals surface area contributed by atoms with Crippen LogP contribution in [-0.4, -0.2) is 54.6 Å². The SMILES string of the molecule is CC[N+](C)(CC)C[C@@H](O)COC12CC3CC(CC(C3)C1)C2. The van der Waals surface area contributed by atoms with E-state index in [1.807, 2.05) is 0 Å². The molecule has 0 aromatic carbocycles. The average Bonchev–Trinajstić information content (AvgIpc) is 2.44. The molecule has 0 aliphatic heterocycles. The van der Waals surface area contributed by atoms with Crippen LogP contribution in [0.4, 0.5) is 0 Å². The molecule has 4 bridgehead atoms. The first-order chi connectivity index (χ1) is 9.96. The Morgan fingerprint density at radius 2 is 1.52 bits per heavy atom. The van der Waals surface area contributed by atoms with Gasteiger partial charge in [0.15, 0.2) is 0 Å². The molecular weight excluding hydrogens is 262 g/mol. The van der Waals surface area contributed by atoms with Crippen molar-refractivity contribution in [1.29, 1.82) is 0 Å². The first-order valence-corrected chi connectivity index (χ1v) is 9.11. The van der Waals surface area contributed by atoms with E-state index in [9.17, 15) is 5.11 Å². The van der Waals surface area contributed by atoms with Crippen molar-refractivity contribution in [3.05, 3.63) is 0 Å². The smallest absolute Gasteiger partial charge is 0.126 e. The van der Waals surface area contributed by atoms with Crippen molar-refractivity contribution in [2.45, 2.75) is 64.1 Å². The van der Waals surface area contributed by atoms with E-state index in [0.29, 0.717) is 6.61 Å². The second-order valence-electron chi connectivity index (χ2n) is 8.50. The van der Waals surface area contributed by atoms with Crippen molar-refractivity contribution in [3.63, 3.8) is 0 Å². The van der Waals surface area contributed by atoms with Crippen LogP contribution in [0.2, 0.25) is 0 Å². The number of aliphatic hydroxyl groups is 1. The van der Waals surface area contributed by atoms with Gasteiger partial charge in [-0.2, -0.15) is 0 Å². The quantitative estimate of drug-likeness (QED) is 0.732. The van der Waals surface area contributed by atoms with Crippen molar-refractivity contribution in [2.24, 2.45) is 17.8 Å². The summed E-state index contributed by atoms with van der Waals surface area (Å²) in [4.78, 5) is 0. The molecule has 0 heterocycles. The van der Waals surface area contributed by atoms with Gasteiger partial charge in [0.1, 0.15) is 12.6 Å². The highest BCUT2D eigenvalue weighted by Crippen LogP contribution is 2.57. The van der Waals surface area contributed by atoms with E-state index in [1.165, 1.54) is 38.5 Å². The topological polar surface area (TPSA) is 29.5 Å². The largest absolute Gasteiger partial charge is 0.385 e. The number of hydrogen-bond donors (Lipinski definition) is 1. The first kappa shape index (κ1) is 15.8.